The molecule has 2 aromatic rings. The molecular weight excluding hydrogens is 448 g/mol. The molecule has 0 spiro atoms. The van der Waals surface area contributed by atoms with Gasteiger partial charge in [-0.1, -0.05) is 0 Å². The van der Waals surface area contributed by atoms with Crippen LogP contribution in [0.5, 0.6) is 0 Å². The molecule has 11 heteroatoms. The Labute approximate surface area is 187 Å². The van der Waals surface area contributed by atoms with E-state index < -0.39 is 23.8 Å². The lowest BCUT2D eigenvalue weighted by atomic mass is 10.1. The fraction of sp³-hybridized carbons (Fsp3) is 0.619. The van der Waals surface area contributed by atoms with E-state index >= 15 is 0 Å². The van der Waals surface area contributed by atoms with Gasteiger partial charge in [-0.3, -0.25) is 9.69 Å². The van der Waals surface area contributed by atoms with Crippen LogP contribution in [0.15, 0.2) is 11.4 Å². The molecule has 4 rings (SSSR count). The predicted octanol–water partition coefficient (Wildman–Crippen LogP) is 3.70. The van der Waals surface area contributed by atoms with E-state index in [1.54, 1.807) is 0 Å². The second-order valence-corrected chi connectivity index (χ2v) is 9.06. The van der Waals surface area contributed by atoms with Gasteiger partial charge in [-0.05, 0) is 25.3 Å². The molecule has 1 atom stereocenters. The molecule has 0 aromatic carbocycles. The number of hydrogen-bond acceptors (Lipinski definition) is 6. The molecule has 2 aliphatic rings. The normalized spacial score (nSPS) is 20.9. The molecule has 2 saturated heterocycles. The number of anilines is 1. The quantitative estimate of drug-likeness (QED) is 0.647. The minimum absolute atomic E-state index is 0.0171. The number of piperidine rings is 1. The van der Waals surface area contributed by atoms with Crippen LogP contribution in [0, 0.1) is 0 Å². The number of fused-ring (bicyclic) bond motifs is 1. The lowest BCUT2D eigenvalue weighted by Crippen LogP contribution is -2.38. The number of nitrogens with one attached hydrogen (secondary N) is 1. The first kappa shape index (κ1) is 23.2. The standard InChI is InChI=1S/C21H26F4N4O2S/c1-26-20(30)15-12-32-19-16(21(23,24)25)10-17(27-18(15)19)29-6-3-14(4-7-29)31-9-8-28-5-2-13(22)11-28/h10,12-14H,2-9,11H2,1H3,(H,26,30). The summed E-state index contributed by atoms with van der Waals surface area (Å²) in [5.41, 5.74) is -0.544. The molecule has 4 heterocycles. The zero-order valence-electron chi connectivity index (χ0n) is 17.8. The number of hydrogen-bond donors (Lipinski definition) is 1. The zero-order valence-corrected chi connectivity index (χ0v) is 18.6. The number of pyridine rings is 1. The number of thiophene rings is 1. The number of likely N-dealkylation sites (tertiary alicyclic amines) is 1. The molecule has 0 saturated carbocycles. The summed E-state index contributed by atoms with van der Waals surface area (Å²) < 4.78 is 60.3. The second-order valence-electron chi connectivity index (χ2n) is 8.18. The van der Waals surface area contributed by atoms with Crippen molar-refractivity contribution >= 4 is 33.3 Å². The van der Waals surface area contributed by atoms with Crippen LogP contribution in [-0.4, -0.2) is 74.4 Å². The molecule has 1 amide bonds. The highest BCUT2D eigenvalue weighted by Crippen LogP contribution is 2.40. The first-order chi connectivity index (χ1) is 15.3. The minimum atomic E-state index is -4.55. The molecule has 1 N–H and O–H groups in total. The van der Waals surface area contributed by atoms with Crippen molar-refractivity contribution in [1.82, 2.24) is 15.2 Å². The maximum absolute atomic E-state index is 13.7. The molecule has 0 radical (unpaired) electrons. The lowest BCUT2D eigenvalue weighted by molar-refractivity contribution is -0.136. The van der Waals surface area contributed by atoms with Gasteiger partial charge in [-0.25, -0.2) is 9.37 Å². The van der Waals surface area contributed by atoms with E-state index in [1.165, 1.54) is 12.4 Å². The van der Waals surface area contributed by atoms with Gasteiger partial charge >= 0.3 is 6.18 Å². The van der Waals surface area contributed by atoms with E-state index in [0.717, 1.165) is 23.9 Å². The Balaban J connectivity index is 1.44. The van der Waals surface area contributed by atoms with Crippen molar-refractivity contribution < 1.29 is 27.1 Å². The van der Waals surface area contributed by atoms with Crippen LogP contribution in [-0.2, 0) is 10.9 Å². The van der Waals surface area contributed by atoms with Crippen LogP contribution in [0.25, 0.3) is 10.2 Å². The van der Waals surface area contributed by atoms with Crippen LogP contribution in [0.4, 0.5) is 23.4 Å². The molecule has 2 fully saturated rings. The van der Waals surface area contributed by atoms with E-state index in [9.17, 15) is 22.4 Å². The van der Waals surface area contributed by atoms with Gasteiger partial charge in [-0.15, -0.1) is 11.3 Å². The van der Waals surface area contributed by atoms with E-state index in [1.807, 2.05) is 9.80 Å². The Morgan fingerprint density at radius 2 is 2.03 bits per heavy atom. The topological polar surface area (TPSA) is 57.7 Å². The SMILES string of the molecule is CNC(=O)c1csc2c(C(F)(F)F)cc(N3CCC(OCCN4CCC(F)C4)CC3)nc12. The molecule has 2 aromatic heterocycles. The number of aromatic nitrogens is 1. The van der Waals surface area contributed by atoms with Gasteiger partial charge in [0, 0.05) is 45.2 Å². The average Bonchev–Trinajstić information content (AvgIpc) is 3.38. The number of carbonyl (C=O) groups is 1. The second kappa shape index (κ2) is 9.48. The van der Waals surface area contributed by atoms with Crippen LogP contribution in [0.3, 0.4) is 0 Å². The van der Waals surface area contributed by atoms with Crippen molar-refractivity contribution in [1.29, 1.82) is 0 Å². The number of nitrogens with zero attached hydrogens (tertiary/aromatic N) is 3. The maximum atomic E-state index is 13.7. The summed E-state index contributed by atoms with van der Waals surface area (Å²) >= 11 is 0.877. The number of carbonyl (C=O) groups excluding carboxylic acids is 1. The van der Waals surface area contributed by atoms with Gasteiger partial charge < -0.3 is 15.0 Å². The van der Waals surface area contributed by atoms with Crippen molar-refractivity contribution in [3.63, 3.8) is 0 Å². The van der Waals surface area contributed by atoms with Gasteiger partial charge in [0.25, 0.3) is 5.91 Å². The smallest absolute Gasteiger partial charge is 0.377 e. The summed E-state index contributed by atoms with van der Waals surface area (Å²) in [4.78, 5) is 20.4. The van der Waals surface area contributed by atoms with Gasteiger partial charge in [0.2, 0.25) is 0 Å². The summed E-state index contributed by atoms with van der Waals surface area (Å²) in [6, 6.07) is 1.08. The Morgan fingerprint density at radius 3 is 2.66 bits per heavy atom. The fourth-order valence-corrected chi connectivity index (χ4v) is 5.28. The summed E-state index contributed by atoms with van der Waals surface area (Å²) in [6.45, 7) is 3.43. The lowest BCUT2D eigenvalue weighted by Gasteiger charge is -2.33. The Kier molecular flexibility index (Phi) is 6.87. The number of amides is 1. The van der Waals surface area contributed by atoms with Crippen molar-refractivity contribution in [3.8, 4) is 0 Å². The van der Waals surface area contributed by atoms with Crippen molar-refractivity contribution in [2.24, 2.45) is 0 Å². The third-order valence-corrected chi connectivity index (χ3v) is 7.03. The summed E-state index contributed by atoms with van der Waals surface area (Å²) in [6.07, 6.45) is -3.38. The van der Waals surface area contributed by atoms with E-state index in [0.29, 0.717) is 52.0 Å². The summed E-state index contributed by atoms with van der Waals surface area (Å²) in [7, 11) is 1.44. The largest absolute Gasteiger partial charge is 0.417 e. The van der Waals surface area contributed by atoms with Crippen LogP contribution < -0.4 is 10.2 Å². The fourth-order valence-electron chi connectivity index (χ4n) is 4.25. The molecule has 2 aliphatic heterocycles. The Hall–Kier alpha value is -1.98. The van der Waals surface area contributed by atoms with Crippen LogP contribution in [0.1, 0.15) is 35.2 Å². The third-order valence-electron chi connectivity index (χ3n) is 6.03. The number of rotatable bonds is 6. The molecule has 0 aliphatic carbocycles. The summed E-state index contributed by atoms with van der Waals surface area (Å²) in [5.74, 6) is -0.240. The minimum Gasteiger partial charge on any atom is -0.377 e. The third kappa shape index (κ3) is 4.99. The monoisotopic (exact) mass is 474 g/mol. The maximum Gasteiger partial charge on any atom is 0.417 e. The van der Waals surface area contributed by atoms with Gasteiger partial charge in [0.1, 0.15) is 12.0 Å². The highest BCUT2D eigenvalue weighted by atomic mass is 32.1. The van der Waals surface area contributed by atoms with Crippen LogP contribution in [0.2, 0.25) is 0 Å². The van der Waals surface area contributed by atoms with Crippen LogP contribution >= 0.6 is 11.3 Å². The number of halogens is 4. The first-order valence-corrected chi connectivity index (χ1v) is 11.6. The van der Waals surface area contributed by atoms with E-state index in [-0.39, 0.29) is 27.7 Å². The molecule has 6 nitrogen and oxygen atoms in total. The van der Waals surface area contributed by atoms with Crippen molar-refractivity contribution in [3.05, 3.63) is 22.6 Å². The highest BCUT2D eigenvalue weighted by Gasteiger charge is 2.36. The predicted molar refractivity (Wildman–Crippen MR) is 115 cm³/mol. The zero-order chi connectivity index (χ0) is 22.9. The molecule has 1 unspecified atom stereocenters. The Bertz CT molecular complexity index is 959. The van der Waals surface area contributed by atoms with E-state index in [4.69, 9.17) is 4.74 Å². The van der Waals surface area contributed by atoms with Gasteiger partial charge in [0.05, 0.1) is 34.1 Å². The Morgan fingerprint density at radius 1 is 1.28 bits per heavy atom. The van der Waals surface area contributed by atoms with E-state index in [2.05, 4.69) is 10.3 Å². The number of ether oxygens (including phenoxy) is 1. The van der Waals surface area contributed by atoms with Gasteiger partial charge in [0.15, 0.2) is 0 Å². The molecular formula is C21H26F4N4O2S. The summed E-state index contributed by atoms with van der Waals surface area (Å²) in [5, 5.41) is 3.87. The average molecular weight is 475 g/mol. The highest BCUT2D eigenvalue weighted by molar-refractivity contribution is 7.17. The molecule has 32 heavy (non-hydrogen) atoms. The first-order valence-electron chi connectivity index (χ1n) is 10.7. The number of alkyl halides is 4. The van der Waals surface area contributed by atoms with Crippen molar-refractivity contribution in [2.45, 2.75) is 37.7 Å². The van der Waals surface area contributed by atoms with Gasteiger partial charge in [-0.2, -0.15) is 13.2 Å². The molecule has 176 valence electrons. The van der Waals surface area contributed by atoms with Crippen molar-refractivity contribution in [2.75, 3.05) is 51.3 Å². The molecule has 0 bridgehead atoms.